The molecule has 4 rings (SSSR count). The van der Waals surface area contributed by atoms with E-state index in [2.05, 4.69) is 5.32 Å². The lowest BCUT2D eigenvalue weighted by molar-refractivity contribution is -0.123. The van der Waals surface area contributed by atoms with Crippen LogP contribution >= 0.6 is 35.0 Å². The molecule has 1 aliphatic rings. The predicted octanol–water partition coefficient (Wildman–Crippen LogP) is 6.25. The molecular weight excluding hydrogens is 495 g/mol. The van der Waals surface area contributed by atoms with Crippen LogP contribution in [0.2, 0.25) is 10.0 Å². The first-order valence-electron chi connectivity index (χ1n) is 10.2. The van der Waals surface area contributed by atoms with Crippen molar-refractivity contribution in [2.45, 2.75) is 6.54 Å². The molecule has 0 spiro atoms. The van der Waals surface area contributed by atoms with E-state index >= 15 is 0 Å². The lowest BCUT2D eigenvalue weighted by Crippen LogP contribution is -2.27. The fourth-order valence-corrected chi connectivity index (χ4v) is 4.43. The largest absolute Gasteiger partial charge is 0.484 e. The minimum atomic E-state index is -0.375. The zero-order valence-electron chi connectivity index (χ0n) is 17.7. The van der Waals surface area contributed by atoms with Crippen molar-refractivity contribution in [2.75, 3.05) is 11.9 Å². The highest BCUT2D eigenvalue weighted by molar-refractivity contribution is 8.18. The normalized spacial score (nSPS) is 14.5. The van der Waals surface area contributed by atoms with Crippen molar-refractivity contribution in [3.63, 3.8) is 0 Å². The summed E-state index contributed by atoms with van der Waals surface area (Å²) in [6, 6.07) is 20.8. The number of imide groups is 1. The molecule has 0 aromatic heterocycles. The molecule has 34 heavy (non-hydrogen) atoms. The number of halogens is 2. The number of para-hydroxylation sites is 1. The van der Waals surface area contributed by atoms with Crippen LogP contribution in [0, 0.1) is 0 Å². The summed E-state index contributed by atoms with van der Waals surface area (Å²) in [6.07, 6.45) is 1.62. The molecule has 0 atom stereocenters. The maximum Gasteiger partial charge on any atom is 0.293 e. The summed E-state index contributed by atoms with van der Waals surface area (Å²) in [7, 11) is 0. The maximum atomic E-state index is 12.8. The second-order valence-electron chi connectivity index (χ2n) is 7.29. The van der Waals surface area contributed by atoms with E-state index in [1.54, 1.807) is 72.8 Å². The van der Waals surface area contributed by atoms with E-state index in [0.717, 1.165) is 17.3 Å². The number of benzene rings is 3. The van der Waals surface area contributed by atoms with Crippen LogP contribution in [0.1, 0.15) is 11.1 Å². The van der Waals surface area contributed by atoms with Crippen LogP contribution in [-0.2, 0) is 16.1 Å². The Morgan fingerprint density at radius 3 is 2.59 bits per heavy atom. The second-order valence-corrected chi connectivity index (χ2v) is 9.12. The molecule has 1 heterocycles. The quantitative estimate of drug-likeness (QED) is 0.378. The topological polar surface area (TPSA) is 75.7 Å². The van der Waals surface area contributed by atoms with E-state index < -0.39 is 0 Å². The molecule has 0 bridgehead atoms. The lowest BCUT2D eigenvalue weighted by Gasteiger charge is -2.12. The minimum absolute atomic E-state index is 0.145. The smallest absolute Gasteiger partial charge is 0.293 e. The predicted molar refractivity (Wildman–Crippen MR) is 135 cm³/mol. The summed E-state index contributed by atoms with van der Waals surface area (Å²) in [5.41, 5.74) is 1.93. The van der Waals surface area contributed by atoms with Gasteiger partial charge in [0.2, 0.25) is 0 Å². The third kappa shape index (κ3) is 5.99. The lowest BCUT2D eigenvalue weighted by atomic mass is 10.2. The van der Waals surface area contributed by atoms with E-state index in [1.807, 2.05) is 6.07 Å². The number of ether oxygens (including phenoxy) is 1. The molecule has 0 unspecified atom stereocenters. The number of hydrogen-bond donors (Lipinski definition) is 1. The van der Waals surface area contributed by atoms with Gasteiger partial charge < -0.3 is 10.1 Å². The van der Waals surface area contributed by atoms with Crippen LogP contribution in [0.3, 0.4) is 0 Å². The number of rotatable bonds is 7. The van der Waals surface area contributed by atoms with Gasteiger partial charge in [0, 0.05) is 5.02 Å². The van der Waals surface area contributed by atoms with E-state index in [-0.39, 0.29) is 30.2 Å². The summed E-state index contributed by atoms with van der Waals surface area (Å²) < 4.78 is 5.58. The van der Waals surface area contributed by atoms with Crippen molar-refractivity contribution in [1.29, 1.82) is 0 Å². The van der Waals surface area contributed by atoms with Gasteiger partial charge >= 0.3 is 0 Å². The minimum Gasteiger partial charge on any atom is -0.484 e. The van der Waals surface area contributed by atoms with E-state index in [1.165, 1.54) is 4.90 Å². The number of amides is 3. The zero-order chi connectivity index (χ0) is 24.1. The van der Waals surface area contributed by atoms with Gasteiger partial charge in [-0.2, -0.15) is 0 Å². The van der Waals surface area contributed by atoms with Gasteiger partial charge in [-0.25, -0.2) is 0 Å². The van der Waals surface area contributed by atoms with Crippen molar-refractivity contribution >= 4 is 63.8 Å². The first-order chi connectivity index (χ1) is 16.4. The molecule has 172 valence electrons. The SMILES string of the molecule is O=C(COc1cccc(/C=C2\SC(=O)N(Cc3cccc(Cl)c3)C2=O)c1)Nc1ccccc1Cl. The molecule has 6 nitrogen and oxygen atoms in total. The van der Waals surface area contributed by atoms with Crippen molar-refractivity contribution in [2.24, 2.45) is 0 Å². The van der Waals surface area contributed by atoms with E-state index in [4.69, 9.17) is 27.9 Å². The number of thioether (sulfide) groups is 1. The Balaban J connectivity index is 1.40. The summed E-state index contributed by atoms with van der Waals surface area (Å²) >= 11 is 12.9. The van der Waals surface area contributed by atoms with Gasteiger partial charge in [0.1, 0.15) is 5.75 Å². The molecule has 1 fully saturated rings. The van der Waals surface area contributed by atoms with Gasteiger partial charge in [-0.05, 0) is 65.4 Å². The molecule has 0 saturated carbocycles. The van der Waals surface area contributed by atoms with Crippen LogP contribution < -0.4 is 10.1 Å². The van der Waals surface area contributed by atoms with Crippen LogP contribution in [-0.4, -0.2) is 28.6 Å². The summed E-state index contributed by atoms with van der Waals surface area (Å²) in [5, 5.41) is 3.31. The fraction of sp³-hybridized carbons (Fsp3) is 0.0800. The van der Waals surface area contributed by atoms with Crippen molar-refractivity contribution in [3.8, 4) is 5.75 Å². The number of hydrogen-bond acceptors (Lipinski definition) is 5. The number of carbonyl (C=O) groups excluding carboxylic acids is 3. The van der Waals surface area contributed by atoms with Crippen LogP contribution in [0.5, 0.6) is 5.75 Å². The molecule has 1 aliphatic heterocycles. The third-order valence-corrected chi connectivity index (χ3v) is 6.25. The van der Waals surface area contributed by atoms with Gasteiger partial charge in [0.05, 0.1) is 22.2 Å². The van der Waals surface area contributed by atoms with Gasteiger partial charge in [-0.3, -0.25) is 19.3 Å². The first kappa shape index (κ1) is 23.9. The van der Waals surface area contributed by atoms with Gasteiger partial charge in [0.15, 0.2) is 6.61 Å². The molecule has 9 heteroatoms. The molecular formula is C25H18Cl2N2O4S. The number of anilines is 1. The molecule has 3 aromatic carbocycles. The Morgan fingerprint density at radius 1 is 1.00 bits per heavy atom. The first-order valence-corrected chi connectivity index (χ1v) is 11.7. The maximum absolute atomic E-state index is 12.8. The average Bonchev–Trinajstić information content (AvgIpc) is 3.07. The zero-order valence-corrected chi connectivity index (χ0v) is 20.0. The molecule has 0 radical (unpaired) electrons. The van der Waals surface area contributed by atoms with Gasteiger partial charge in [-0.1, -0.05) is 59.6 Å². The highest BCUT2D eigenvalue weighted by Crippen LogP contribution is 2.34. The van der Waals surface area contributed by atoms with Gasteiger partial charge in [-0.15, -0.1) is 0 Å². The van der Waals surface area contributed by atoms with Crippen LogP contribution in [0.15, 0.2) is 77.7 Å². The highest BCUT2D eigenvalue weighted by Gasteiger charge is 2.35. The Bertz CT molecular complexity index is 1300. The third-order valence-electron chi connectivity index (χ3n) is 4.78. The average molecular weight is 513 g/mol. The molecule has 1 saturated heterocycles. The second kappa shape index (κ2) is 10.8. The molecule has 3 aromatic rings. The van der Waals surface area contributed by atoms with Gasteiger partial charge in [0.25, 0.3) is 17.1 Å². The van der Waals surface area contributed by atoms with Crippen molar-refractivity contribution in [1.82, 2.24) is 4.90 Å². The number of nitrogens with one attached hydrogen (secondary N) is 1. The monoisotopic (exact) mass is 512 g/mol. The number of carbonyl (C=O) groups is 3. The fourth-order valence-electron chi connectivity index (χ4n) is 3.20. The Kier molecular flexibility index (Phi) is 7.57. The summed E-state index contributed by atoms with van der Waals surface area (Å²) in [4.78, 5) is 38.9. The standard InChI is InChI=1S/C25H18Cl2N2O4S/c26-18-7-3-6-17(11-18)14-29-24(31)22(34-25(29)32)13-16-5-4-8-19(12-16)33-15-23(30)28-21-10-2-1-9-20(21)27/h1-13H,14-15H2,(H,28,30)/b22-13-. The Labute approximate surface area is 210 Å². The van der Waals surface area contributed by atoms with Crippen LogP contribution in [0.4, 0.5) is 10.5 Å². The van der Waals surface area contributed by atoms with E-state index in [0.29, 0.717) is 32.0 Å². The molecule has 0 aliphatic carbocycles. The van der Waals surface area contributed by atoms with Crippen molar-refractivity contribution < 1.29 is 19.1 Å². The molecule has 1 N–H and O–H groups in total. The summed E-state index contributed by atoms with van der Waals surface area (Å²) in [6.45, 7) is -0.0723. The Hall–Kier alpha value is -3.26. The summed E-state index contributed by atoms with van der Waals surface area (Å²) in [5.74, 6) is -0.290. The van der Waals surface area contributed by atoms with Crippen LogP contribution in [0.25, 0.3) is 6.08 Å². The highest BCUT2D eigenvalue weighted by atomic mass is 35.5. The molecule has 3 amide bonds. The van der Waals surface area contributed by atoms with E-state index in [9.17, 15) is 14.4 Å². The Morgan fingerprint density at radius 2 is 1.79 bits per heavy atom. The number of nitrogens with zero attached hydrogens (tertiary/aromatic N) is 1. The van der Waals surface area contributed by atoms with Crippen molar-refractivity contribution in [3.05, 3.63) is 98.9 Å².